The third kappa shape index (κ3) is 9.06. The zero-order valence-corrected chi connectivity index (χ0v) is 32.8. The van der Waals surface area contributed by atoms with Crippen LogP contribution in [0.15, 0.2) is 125 Å². The first-order valence-corrected chi connectivity index (χ1v) is 21.8. The van der Waals surface area contributed by atoms with Crippen LogP contribution in [0, 0.1) is 0 Å². The van der Waals surface area contributed by atoms with E-state index in [-0.39, 0.29) is 44.3 Å². The smallest absolute Gasteiger partial charge is 0.323 e. The van der Waals surface area contributed by atoms with Crippen molar-refractivity contribution in [1.82, 2.24) is 0 Å². The van der Waals surface area contributed by atoms with E-state index in [2.05, 4.69) is 31.1 Å². The topological polar surface area (TPSA) is 401 Å². The molecule has 0 aliphatic rings. The highest BCUT2D eigenvalue weighted by Gasteiger charge is 2.25. The van der Waals surface area contributed by atoms with Crippen LogP contribution in [0.25, 0.3) is 21.5 Å². The van der Waals surface area contributed by atoms with Gasteiger partial charge in [0.25, 0.3) is 40.5 Å². The van der Waals surface area contributed by atoms with Gasteiger partial charge in [-0.1, -0.05) is 0 Å². The van der Waals surface area contributed by atoms with Crippen LogP contribution >= 0.6 is 0 Å². The second kappa shape index (κ2) is 15.4. The lowest BCUT2D eigenvalue weighted by molar-refractivity contribution is 0.262. The molecule has 12 N–H and O–H groups in total. The summed E-state index contributed by atoms with van der Waals surface area (Å²) in [4.78, 5) is 9.39. The number of phenols is 2. The van der Waals surface area contributed by atoms with Crippen molar-refractivity contribution in [3.63, 3.8) is 0 Å². The third-order valence-electron chi connectivity index (χ3n) is 8.26. The van der Waals surface area contributed by atoms with Gasteiger partial charge in [-0.3, -0.25) is 18.2 Å². The number of fused-ring (bicyclic) bond motifs is 2. The Morgan fingerprint density at radius 3 is 1.12 bits per heavy atom. The molecule has 6 aromatic rings. The van der Waals surface area contributed by atoms with Crippen LogP contribution in [0.3, 0.4) is 0 Å². The number of nitrogens with zero attached hydrogens (tertiary/aromatic N) is 4. The van der Waals surface area contributed by atoms with Gasteiger partial charge in [0.05, 0.1) is 43.3 Å². The number of amides is 2. The summed E-state index contributed by atoms with van der Waals surface area (Å²) in [6, 6.07) is 14.9. The molecular formula is C33H26N8O15S4. The van der Waals surface area contributed by atoms with Crippen LogP contribution in [0.1, 0.15) is 0 Å². The maximum atomic E-state index is 12.7. The normalized spacial score (nSPS) is 12.7. The number of carbonyl (C=O) groups is 1. The number of hydrogen-bond acceptors (Lipinski definition) is 17. The quantitative estimate of drug-likeness (QED) is 0.0426. The number of phenolic OH excluding ortho intramolecular Hbond substituents is 2. The summed E-state index contributed by atoms with van der Waals surface area (Å²) in [5, 5.41) is 40.9. The number of carbonyl (C=O) groups excluding carboxylic acids is 1. The first-order chi connectivity index (χ1) is 27.8. The van der Waals surface area contributed by atoms with E-state index in [0.29, 0.717) is 12.1 Å². The number of anilines is 4. The monoisotopic (exact) mass is 902 g/mol. The molecule has 0 spiro atoms. The van der Waals surface area contributed by atoms with E-state index in [1.165, 1.54) is 48.5 Å². The number of benzene rings is 6. The third-order valence-corrected chi connectivity index (χ3v) is 11.7. The van der Waals surface area contributed by atoms with Crippen molar-refractivity contribution in [2.75, 3.05) is 22.1 Å². The Labute approximate surface area is 337 Å². The standard InChI is InChI=1S/C33H26N8O15S4/c34-29-25(59(51,52)53)11-15-9-21(57(45,46)47)13-23(42)27(15)31(29)40-38-19-5-1-17(2-6-19)36-33(44)37-18-3-7-20(8-4-18)39-41-32-28-16(12-26(30(32)35)60(54,55)56)10-22(14-24(28)43)58(48,49)50/h1-14,42-43H,34-35H2,(H2,36,37,44)(H,45,46,47)(H,48,49,50)(H,51,52,53)(H,54,55,56). The number of nitrogen functional groups attached to an aromatic ring is 2. The van der Waals surface area contributed by atoms with E-state index in [0.717, 1.165) is 24.3 Å². The fraction of sp³-hybridized carbons (Fsp3) is 0. The van der Waals surface area contributed by atoms with Gasteiger partial charge in [0.2, 0.25) is 0 Å². The van der Waals surface area contributed by atoms with Crippen molar-refractivity contribution in [1.29, 1.82) is 0 Å². The van der Waals surface area contributed by atoms with Crippen LogP contribution < -0.4 is 22.1 Å². The van der Waals surface area contributed by atoms with Crippen molar-refractivity contribution in [2.45, 2.75) is 19.6 Å². The summed E-state index contributed by atoms with van der Waals surface area (Å²) in [6.45, 7) is 0. The van der Waals surface area contributed by atoms with Gasteiger partial charge in [0.15, 0.2) is 0 Å². The van der Waals surface area contributed by atoms with Crippen LogP contribution in [0.4, 0.5) is 50.3 Å². The fourth-order valence-electron chi connectivity index (χ4n) is 5.59. The SMILES string of the molecule is Nc1c(S(=O)(=O)O)cc2cc(S(=O)(=O)O)cc(O)c2c1N=Nc1ccc(NC(=O)Nc2ccc(N=Nc3c(N)c(S(=O)(=O)O)cc4cc(S(=O)(=O)O)cc(O)c34)cc2)cc1. The second-order valence-electron chi connectivity index (χ2n) is 12.3. The van der Waals surface area contributed by atoms with Gasteiger partial charge in [-0.15, -0.1) is 10.2 Å². The summed E-state index contributed by atoms with van der Waals surface area (Å²) in [5.74, 6) is -1.53. The fourth-order valence-corrected chi connectivity index (χ4v) is 7.97. The molecule has 27 heteroatoms. The lowest BCUT2D eigenvalue weighted by atomic mass is 10.1. The molecule has 0 aliphatic heterocycles. The van der Waals surface area contributed by atoms with E-state index in [1.54, 1.807) is 0 Å². The molecule has 0 fully saturated rings. The first kappa shape index (κ1) is 42.7. The Balaban J connectivity index is 1.18. The van der Waals surface area contributed by atoms with Crippen LogP contribution in [-0.2, 0) is 40.5 Å². The number of urea groups is 1. The van der Waals surface area contributed by atoms with Gasteiger partial charge in [0.1, 0.15) is 32.7 Å². The average molecular weight is 903 g/mol. The summed E-state index contributed by atoms with van der Waals surface area (Å²) < 4.78 is 133. The number of nitrogens with two attached hydrogens (primary N) is 2. The molecule has 0 saturated heterocycles. The number of nitrogens with one attached hydrogen (secondary N) is 2. The first-order valence-electron chi connectivity index (χ1n) is 16.0. The maximum absolute atomic E-state index is 12.7. The highest BCUT2D eigenvalue weighted by Crippen LogP contribution is 2.45. The molecule has 2 amide bonds. The molecule has 0 radical (unpaired) electrons. The van der Waals surface area contributed by atoms with E-state index < -0.39 is 100 Å². The summed E-state index contributed by atoms with van der Waals surface area (Å²) in [6.07, 6.45) is 0. The molecule has 0 bridgehead atoms. The Hall–Kier alpha value is -6.85. The zero-order chi connectivity index (χ0) is 44.1. The van der Waals surface area contributed by atoms with Crippen LogP contribution in [0.2, 0.25) is 0 Å². The van der Waals surface area contributed by atoms with Gasteiger partial charge in [-0.05, 0) is 83.6 Å². The minimum atomic E-state index is -5.00. The molecule has 0 heterocycles. The minimum Gasteiger partial charge on any atom is -0.507 e. The van der Waals surface area contributed by atoms with Gasteiger partial charge in [0, 0.05) is 23.5 Å². The van der Waals surface area contributed by atoms with Crippen molar-refractivity contribution < 1.29 is 66.9 Å². The maximum Gasteiger partial charge on any atom is 0.323 e. The molecule has 23 nitrogen and oxygen atoms in total. The molecule has 6 rings (SSSR count). The molecule has 0 atom stereocenters. The minimum absolute atomic E-state index is 0.113. The van der Waals surface area contributed by atoms with Crippen molar-refractivity contribution >= 4 is 114 Å². The highest BCUT2D eigenvalue weighted by molar-refractivity contribution is 7.86. The second-order valence-corrected chi connectivity index (χ2v) is 18.0. The van der Waals surface area contributed by atoms with Gasteiger partial charge in [-0.2, -0.15) is 43.9 Å². The summed E-state index contributed by atoms with van der Waals surface area (Å²) >= 11 is 0. The lowest BCUT2D eigenvalue weighted by Gasteiger charge is -2.12. The summed E-state index contributed by atoms with van der Waals surface area (Å²) in [5.41, 5.74) is 10.4. The predicted octanol–water partition coefficient (Wildman–Crippen LogP) is 6.03. The Morgan fingerprint density at radius 2 is 0.817 bits per heavy atom. The Bertz CT molecular complexity index is 3090. The summed E-state index contributed by atoms with van der Waals surface area (Å²) in [7, 11) is -19.7. The van der Waals surface area contributed by atoms with Gasteiger partial charge in [-0.25, -0.2) is 4.79 Å². The van der Waals surface area contributed by atoms with Crippen molar-refractivity contribution in [3.05, 3.63) is 84.9 Å². The zero-order valence-electron chi connectivity index (χ0n) is 29.5. The molecule has 6 aromatic carbocycles. The molecule has 312 valence electrons. The number of rotatable bonds is 10. The Morgan fingerprint density at radius 1 is 0.483 bits per heavy atom. The van der Waals surface area contributed by atoms with Crippen LogP contribution in [-0.4, -0.2) is 68.1 Å². The van der Waals surface area contributed by atoms with Crippen molar-refractivity contribution in [3.8, 4) is 11.5 Å². The van der Waals surface area contributed by atoms with E-state index in [1.807, 2.05) is 0 Å². The van der Waals surface area contributed by atoms with Crippen molar-refractivity contribution in [2.24, 2.45) is 20.5 Å². The molecule has 0 aromatic heterocycles. The predicted molar refractivity (Wildman–Crippen MR) is 213 cm³/mol. The molecular weight excluding hydrogens is 877 g/mol. The van der Waals surface area contributed by atoms with E-state index in [4.69, 9.17) is 11.5 Å². The highest BCUT2D eigenvalue weighted by atomic mass is 32.2. The molecule has 0 saturated carbocycles. The number of azo groups is 2. The van der Waals surface area contributed by atoms with Gasteiger partial charge < -0.3 is 32.3 Å². The molecule has 60 heavy (non-hydrogen) atoms. The number of hydrogen-bond donors (Lipinski definition) is 10. The van der Waals surface area contributed by atoms with E-state index >= 15 is 0 Å². The van der Waals surface area contributed by atoms with Gasteiger partial charge >= 0.3 is 6.03 Å². The molecule has 0 unspecified atom stereocenters. The Kier molecular flexibility index (Phi) is 11.0. The largest absolute Gasteiger partial charge is 0.507 e. The van der Waals surface area contributed by atoms with E-state index in [9.17, 15) is 66.9 Å². The average Bonchev–Trinajstić information content (AvgIpc) is 3.13. The molecule has 0 aliphatic carbocycles. The van der Waals surface area contributed by atoms with Crippen LogP contribution in [0.5, 0.6) is 11.5 Å². The number of aromatic hydroxyl groups is 2. The lowest BCUT2D eigenvalue weighted by Crippen LogP contribution is -2.19.